The van der Waals surface area contributed by atoms with E-state index in [0.29, 0.717) is 36.3 Å². The molecular weight excluding hydrogens is 354 g/mol. The van der Waals surface area contributed by atoms with Crippen LogP contribution in [0.15, 0.2) is 48.5 Å². The van der Waals surface area contributed by atoms with Crippen molar-refractivity contribution in [2.45, 2.75) is 6.92 Å². The first-order valence-electron chi connectivity index (χ1n) is 8.28. The van der Waals surface area contributed by atoms with Crippen LogP contribution in [0.2, 0.25) is 5.02 Å². The van der Waals surface area contributed by atoms with Gasteiger partial charge in [0, 0.05) is 6.08 Å². The maximum absolute atomic E-state index is 11.9. The molecule has 1 N–H and O–H groups in total. The number of hydrogen-bond acceptors (Lipinski definition) is 4. The molecule has 0 aromatic heterocycles. The number of methoxy groups -OCH3 is 1. The summed E-state index contributed by atoms with van der Waals surface area (Å²) in [6.07, 6.45) is 3.11. The predicted octanol–water partition coefficient (Wildman–Crippen LogP) is 3.96. The van der Waals surface area contributed by atoms with Crippen LogP contribution >= 0.6 is 11.6 Å². The van der Waals surface area contributed by atoms with Crippen molar-refractivity contribution in [1.29, 1.82) is 0 Å². The molecule has 0 atom stereocenters. The molecule has 0 radical (unpaired) electrons. The summed E-state index contributed by atoms with van der Waals surface area (Å²) in [5, 5.41) is 3.19. The van der Waals surface area contributed by atoms with Gasteiger partial charge >= 0.3 is 0 Å². The molecular formula is C20H22ClNO4. The summed E-state index contributed by atoms with van der Waals surface area (Å²) >= 11 is 6.19. The first kappa shape index (κ1) is 19.7. The fourth-order valence-corrected chi connectivity index (χ4v) is 2.53. The van der Waals surface area contributed by atoms with Gasteiger partial charge in [0.15, 0.2) is 11.5 Å². The minimum absolute atomic E-state index is 0.216. The van der Waals surface area contributed by atoms with Crippen molar-refractivity contribution in [2.24, 2.45) is 0 Å². The zero-order valence-corrected chi connectivity index (χ0v) is 15.6. The summed E-state index contributed by atoms with van der Waals surface area (Å²) < 4.78 is 16.3. The first-order chi connectivity index (χ1) is 12.6. The van der Waals surface area contributed by atoms with Gasteiger partial charge in [-0.05, 0) is 42.8 Å². The van der Waals surface area contributed by atoms with Crippen molar-refractivity contribution in [3.05, 3.63) is 59.1 Å². The van der Waals surface area contributed by atoms with Crippen LogP contribution in [0.3, 0.4) is 0 Å². The van der Waals surface area contributed by atoms with Crippen LogP contribution in [0.5, 0.6) is 17.2 Å². The smallest absolute Gasteiger partial charge is 0.244 e. The van der Waals surface area contributed by atoms with E-state index in [1.165, 1.54) is 13.2 Å². The second kappa shape index (κ2) is 10.4. The Labute approximate surface area is 158 Å². The lowest BCUT2D eigenvalue weighted by molar-refractivity contribution is -0.116. The third-order valence-electron chi connectivity index (χ3n) is 3.38. The summed E-state index contributed by atoms with van der Waals surface area (Å²) in [7, 11) is 1.53. The van der Waals surface area contributed by atoms with Gasteiger partial charge in [-0.3, -0.25) is 4.79 Å². The van der Waals surface area contributed by atoms with Crippen LogP contribution in [0.1, 0.15) is 12.5 Å². The molecule has 0 aliphatic heterocycles. The molecule has 0 saturated carbocycles. The molecule has 0 bridgehead atoms. The van der Waals surface area contributed by atoms with Crippen molar-refractivity contribution in [2.75, 3.05) is 26.9 Å². The summed E-state index contributed by atoms with van der Waals surface area (Å²) in [6, 6.07) is 12.9. The van der Waals surface area contributed by atoms with Crippen molar-refractivity contribution in [3.63, 3.8) is 0 Å². The van der Waals surface area contributed by atoms with Gasteiger partial charge in [-0.2, -0.15) is 0 Å². The highest BCUT2D eigenvalue weighted by atomic mass is 35.5. The molecule has 0 unspecified atom stereocenters. The molecule has 5 nitrogen and oxygen atoms in total. The Bertz CT molecular complexity index is 747. The van der Waals surface area contributed by atoms with Gasteiger partial charge in [-0.15, -0.1) is 0 Å². The molecule has 0 spiro atoms. The molecule has 2 rings (SSSR count). The summed E-state index contributed by atoms with van der Waals surface area (Å²) in [5.74, 6) is 1.58. The fourth-order valence-electron chi connectivity index (χ4n) is 2.24. The lowest BCUT2D eigenvalue weighted by atomic mass is 10.2. The van der Waals surface area contributed by atoms with Gasteiger partial charge in [0.05, 0.1) is 25.3 Å². The van der Waals surface area contributed by atoms with Crippen LogP contribution in [0, 0.1) is 0 Å². The Hall–Kier alpha value is -2.66. The van der Waals surface area contributed by atoms with Gasteiger partial charge in [0.2, 0.25) is 5.91 Å². The molecule has 0 aliphatic carbocycles. The molecule has 0 fully saturated rings. The van der Waals surface area contributed by atoms with E-state index in [0.717, 1.165) is 11.3 Å². The highest BCUT2D eigenvalue weighted by Crippen LogP contribution is 2.36. The molecule has 1 amide bonds. The number of para-hydroxylation sites is 1. The average Bonchev–Trinajstić information content (AvgIpc) is 2.64. The number of carbonyl (C=O) groups excluding carboxylic acids is 1. The molecule has 0 aliphatic rings. The molecule has 2 aromatic rings. The van der Waals surface area contributed by atoms with Crippen molar-refractivity contribution < 1.29 is 19.0 Å². The first-order valence-corrected chi connectivity index (χ1v) is 8.66. The third kappa shape index (κ3) is 6.01. The zero-order valence-electron chi connectivity index (χ0n) is 14.8. The van der Waals surface area contributed by atoms with E-state index in [4.69, 9.17) is 25.8 Å². The fraction of sp³-hybridized carbons (Fsp3) is 0.250. The van der Waals surface area contributed by atoms with Gasteiger partial charge in [-0.1, -0.05) is 29.8 Å². The Morgan fingerprint density at radius 3 is 2.65 bits per heavy atom. The number of amides is 1. The summed E-state index contributed by atoms with van der Waals surface area (Å²) in [5.41, 5.74) is 0.745. The number of rotatable bonds is 9. The standard InChI is InChI=1S/C20H22ClNO4/c1-3-25-18-14-15(13-17(21)20(18)24-2)9-10-19(23)22-11-12-26-16-7-5-4-6-8-16/h4-10,13-14H,3,11-12H2,1-2H3,(H,22,23)/b10-9+. The van der Waals surface area contributed by atoms with E-state index in [9.17, 15) is 4.79 Å². The number of ether oxygens (including phenoxy) is 3. The molecule has 2 aromatic carbocycles. The van der Waals surface area contributed by atoms with E-state index in [-0.39, 0.29) is 5.91 Å². The van der Waals surface area contributed by atoms with Crippen molar-refractivity contribution in [3.8, 4) is 17.2 Å². The summed E-state index contributed by atoms with van der Waals surface area (Å²) in [6.45, 7) is 3.17. The highest BCUT2D eigenvalue weighted by molar-refractivity contribution is 6.32. The van der Waals surface area contributed by atoms with E-state index in [1.807, 2.05) is 37.3 Å². The lowest BCUT2D eigenvalue weighted by Crippen LogP contribution is -2.26. The number of halogens is 1. The van der Waals surface area contributed by atoms with E-state index < -0.39 is 0 Å². The molecule has 26 heavy (non-hydrogen) atoms. The number of hydrogen-bond donors (Lipinski definition) is 1. The van der Waals surface area contributed by atoms with Crippen molar-refractivity contribution in [1.82, 2.24) is 5.32 Å². The second-order valence-corrected chi connectivity index (χ2v) is 5.66. The number of benzene rings is 2. The van der Waals surface area contributed by atoms with E-state index in [1.54, 1.807) is 18.2 Å². The normalized spacial score (nSPS) is 10.6. The Morgan fingerprint density at radius 1 is 1.19 bits per heavy atom. The minimum Gasteiger partial charge on any atom is -0.492 e. The van der Waals surface area contributed by atoms with Crippen LogP contribution in [-0.4, -0.2) is 32.8 Å². The SMILES string of the molecule is CCOc1cc(/C=C/C(=O)NCCOc2ccccc2)cc(Cl)c1OC. The zero-order chi connectivity index (χ0) is 18.8. The number of nitrogens with one attached hydrogen (secondary N) is 1. The maximum atomic E-state index is 11.9. The molecule has 0 heterocycles. The Balaban J connectivity index is 1.87. The summed E-state index contributed by atoms with van der Waals surface area (Å²) in [4.78, 5) is 11.9. The molecule has 0 saturated heterocycles. The van der Waals surface area contributed by atoms with Crippen molar-refractivity contribution >= 4 is 23.6 Å². The topological polar surface area (TPSA) is 56.8 Å². The lowest BCUT2D eigenvalue weighted by Gasteiger charge is -2.11. The average molecular weight is 376 g/mol. The van der Waals surface area contributed by atoms with Gasteiger partial charge in [0.25, 0.3) is 0 Å². The highest BCUT2D eigenvalue weighted by Gasteiger charge is 2.10. The number of carbonyl (C=O) groups is 1. The molecule has 6 heteroatoms. The monoisotopic (exact) mass is 375 g/mol. The molecule has 138 valence electrons. The van der Waals surface area contributed by atoms with Gasteiger partial charge in [-0.25, -0.2) is 0 Å². The third-order valence-corrected chi connectivity index (χ3v) is 3.66. The van der Waals surface area contributed by atoms with Gasteiger partial charge < -0.3 is 19.5 Å². The maximum Gasteiger partial charge on any atom is 0.244 e. The largest absolute Gasteiger partial charge is 0.492 e. The van der Waals surface area contributed by atoms with Crippen LogP contribution in [0.4, 0.5) is 0 Å². The Kier molecular flexibility index (Phi) is 7.83. The van der Waals surface area contributed by atoms with E-state index >= 15 is 0 Å². The van der Waals surface area contributed by atoms with E-state index in [2.05, 4.69) is 5.32 Å². The van der Waals surface area contributed by atoms with Crippen LogP contribution in [0.25, 0.3) is 6.08 Å². The Morgan fingerprint density at radius 2 is 1.96 bits per heavy atom. The van der Waals surface area contributed by atoms with Gasteiger partial charge in [0.1, 0.15) is 12.4 Å². The second-order valence-electron chi connectivity index (χ2n) is 5.25. The van der Waals surface area contributed by atoms with Crippen LogP contribution < -0.4 is 19.5 Å². The predicted molar refractivity (Wildman–Crippen MR) is 103 cm³/mol. The minimum atomic E-state index is -0.216. The quantitative estimate of drug-likeness (QED) is 0.532. The van der Waals surface area contributed by atoms with Crippen LogP contribution in [-0.2, 0) is 4.79 Å².